The van der Waals surface area contributed by atoms with E-state index in [0.29, 0.717) is 12.1 Å². The molecule has 8 heteroatoms. The van der Waals surface area contributed by atoms with Crippen LogP contribution in [0.1, 0.15) is 33.1 Å². The first-order valence-electron chi connectivity index (χ1n) is 11.4. The topological polar surface area (TPSA) is 37.3 Å². The first-order valence-corrected chi connectivity index (χ1v) is 11.4. The molecule has 1 fully saturated rings. The summed E-state index contributed by atoms with van der Waals surface area (Å²) in [6.45, 7) is 5.21. The van der Waals surface area contributed by atoms with Crippen molar-refractivity contribution >= 4 is 17.1 Å². The summed E-state index contributed by atoms with van der Waals surface area (Å²) in [4.78, 5) is 2.30. The molecule has 2 aliphatic rings. The lowest BCUT2D eigenvalue weighted by Crippen LogP contribution is -2.38. The molecule has 2 atom stereocenters. The minimum Gasteiger partial charge on any atom is -0.495 e. The first kappa shape index (κ1) is 23.3. The normalized spacial score (nSPS) is 21.8. The summed E-state index contributed by atoms with van der Waals surface area (Å²) in [7, 11) is 1.68. The number of piperidine rings is 1. The summed E-state index contributed by atoms with van der Waals surface area (Å²) in [5, 5.41) is 5.43. The fourth-order valence-electron chi connectivity index (χ4n) is 4.74. The molecule has 0 saturated carbocycles. The third kappa shape index (κ3) is 4.89. The zero-order chi connectivity index (χ0) is 23.6. The molecule has 178 valence electrons. The Kier molecular flexibility index (Phi) is 6.72. The highest BCUT2D eigenvalue weighted by atomic mass is 19.4. The summed E-state index contributed by atoms with van der Waals surface area (Å²) in [6, 6.07) is 14.9. The van der Waals surface area contributed by atoms with Gasteiger partial charge in [-0.1, -0.05) is 26.0 Å². The van der Waals surface area contributed by atoms with Crippen molar-refractivity contribution < 1.29 is 22.6 Å². The van der Waals surface area contributed by atoms with Gasteiger partial charge in [-0.05, 0) is 42.8 Å². The Morgan fingerprint density at radius 1 is 1.03 bits per heavy atom. The molecule has 0 radical (unpaired) electrons. The van der Waals surface area contributed by atoms with Crippen molar-refractivity contribution in [2.45, 2.75) is 51.4 Å². The van der Waals surface area contributed by atoms with Crippen molar-refractivity contribution in [2.24, 2.45) is 11.0 Å². The molecule has 0 bridgehead atoms. The van der Waals surface area contributed by atoms with Gasteiger partial charge in [-0.3, -0.25) is 5.01 Å². The van der Waals surface area contributed by atoms with Crippen LogP contribution in [0, 0.1) is 5.92 Å². The van der Waals surface area contributed by atoms with E-state index in [9.17, 15) is 13.2 Å². The fraction of sp³-hybridized carbons (Fsp3) is 0.480. The van der Waals surface area contributed by atoms with E-state index >= 15 is 0 Å². The molecule has 2 aromatic rings. The summed E-state index contributed by atoms with van der Waals surface area (Å²) in [5.74, 6) is 0.916. The van der Waals surface area contributed by atoms with Gasteiger partial charge in [0.15, 0.2) is 0 Å². The van der Waals surface area contributed by atoms with E-state index in [2.05, 4.69) is 16.1 Å². The maximum atomic E-state index is 13.3. The number of benzene rings is 2. The summed E-state index contributed by atoms with van der Waals surface area (Å²) in [5.41, 5.74) is 1.02. The molecular formula is C25H30F3N3O2. The molecule has 5 nitrogen and oxygen atoms in total. The van der Waals surface area contributed by atoms with Gasteiger partial charge in [-0.25, -0.2) is 0 Å². The average Bonchev–Trinajstić information content (AvgIpc) is 3.16. The predicted molar refractivity (Wildman–Crippen MR) is 125 cm³/mol. The number of para-hydroxylation sites is 2. The lowest BCUT2D eigenvalue weighted by Gasteiger charge is -2.34. The number of halogens is 3. The van der Waals surface area contributed by atoms with Crippen LogP contribution in [0.5, 0.6) is 11.5 Å². The number of hydrazone groups is 1. The van der Waals surface area contributed by atoms with Gasteiger partial charge < -0.3 is 14.4 Å². The summed E-state index contributed by atoms with van der Waals surface area (Å²) in [6.07, 6.45) is -2.00. The number of hydrogen-bond acceptors (Lipinski definition) is 5. The molecule has 2 aliphatic heterocycles. The van der Waals surface area contributed by atoms with Crippen molar-refractivity contribution in [1.82, 2.24) is 0 Å². The Bertz CT molecular complexity index is 970. The second-order valence-corrected chi connectivity index (χ2v) is 8.56. The second-order valence-electron chi connectivity index (χ2n) is 8.56. The largest absolute Gasteiger partial charge is 0.495 e. The van der Waals surface area contributed by atoms with Crippen LogP contribution in [-0.2, 0) is 0 Å². The Morgan fingerprint density at radius 2 is 1.70 bits per heavy atom. The molecule has 4 rings (SSSR count). The van der Waals surface area contributed by atoms with E-state index in [1.807, 2.05) is 37.3 Å². The second kappa shape index (κ2) is 9.53. The molecule has 0 aliphatic carbocycles. The first-order chi connectivity index (χ1) is 15.8. The summed E-state index contributed by atoms with van der Waals surface area (Å²) >= 11 is 0. The smallest absolute Gasteiger partial charge is 0.431 e. The zero-order valence-corrected chi connectivity index (χ0v) is 19.2. The third-order valence-corrected chi connectivity index (χ3v) is 6.52. The number of hydrogen-bond donors (Lipinski definition) is 0. The van der Waals surface area contributed by atoms with Crippen molar-refractivity contribution in [2.75, 3.05) is 30.1 Å². The van der Waals surface area contributed by atoms with Crippen LogP contribution in [0.3, 0.4) is 0 Å². The number of anilines is 2. The number of ether oxygens (including phenoxy) is 2. The van der Waals surface area contributed by atoms with Crippen LogP contribution < -0.4 is 19.4 Å². The molecule has 2 aromatic carbocycles. The third-order valence-electron chi connectivity index (χ3n) is 6.52. The lowest BCUT2D eigenvalue weighted by atomic mass is 9.95. The molecule has 0 amide bonds. The van der Waals surface area contributed by atoms with Crippen LogP contribution in [0.2, 0.25) is 0 Å². The molecule has 2 heterocycles. The van der Waals surface area contributed by atoms with Crippen LogP contribution in [0.15, 0.2) is 53.6 Å². The van der Waals surface area contributed by atoms with Crippen molar-refractivity contribution in [3.8, 4) is 11.5 Å². The van der Waals surface area contributed by atoms with Gasteiger partial charge >= 0.3 is 6.18 Å². The SMILES string of the molecule is CC[C@H]1C(C)C(C(F)(F)F)=NN1c1ccc(OC2CCN(c3ccccc3OC)CC2)cc1. The Morgan fingerprint density at radius 3 is 2.30 bits per heavy atom. The molecule has 0 N–H and O–H groups in total. The van der Waals surface area contributed by atoms with Crippen molar-refractivity contribution in [3.63, 3.8) is 0 Å². The van der Waals surface area contributed by atoms with E-state index in [1.54, 1.807) is 26.2 Å². The van der Waals surface area contributed by atoms with Gasteiger partial charge in [-0.2, -0.15) is 18.3 Å². The van der Waals surface area contributed by atoms with Gasteiger partial charge in [0.25, 0.3) is 0 Å². The highest BCUT2D eigenvalue weighted by Crippen LogP contribution is 2.37. The molecule has 1 unspecified atom stereocenters. The van der Waals surface area contributed by atoms with Crippen LogP contribution in [-0.4, -0.2) is 44.2 Å². The maximum absolute atomic E-state index is 13.3. The minimum atomic E-state index is -4.41. The van der Waals surface area contributed by atoms with Crippen LogP contribution >= 0.6 is 0 Å². The number of rotatable bonds is 6. The standard InChI is InChI=1S/C25H30F3N3O2/c1-4-21-17(2)24(25(26,27)28)29-31(21)18-9-11-19(12-10-18)33-20-13-15-30(16-14-20)22-7-5-6-8-23(22)32-3/h5-12,17,20-21H,4,13-16H2,1-3H3/t17?,21-/m0/s1. The van der Waals surface area contributed by atoms with Crippen molar-refractivity contribution in [1.29, 1.82) is 0 Å². The number of alkyl halides is 3. The molecule has 0 spiro atoms. The maximum Gasteiger partial charge on any atom is 0.431 e. The van der Waals surface area contributed by atoms with Crippen molar-refractivity contribution in [3.05, 3.63) is 48.5 Å². The van der Waals surface area contributed by atoms with E-state index in [4.69, 9.17) is 9.47 Å². The zero-order valence-electron chi connectivity index (χ0n) is 19.2. The van der Waals surface area contributed by atoms with E-state index in [-0.39, 0.29) is 12.1 Å². The Balaban J connectivity index is 1.38. The monoisotopic (exact) mass is 461 g/mol. The van der Waals surface area contributed by atoms with E-state index < -0.39 is 17.8 Å². The Hall–Kier alpha value is -2.90. The lowest BCUT2D eigenvalue weighted by molar-refractivity contribution is -0.0620. The minimum absolute atomic E-state index is 0.0897. The predicted octanol–water partition coefficient (Wildman–Crippen LogP) is 5.90. The van der Waals surface area contributed by atoms with Gasteiger partial charge in [-0.15, -0.1) is 0 Å². The highest BCUT2D eigenvalue weighted by Gasteiger charge is 2.47. The quantitative estimate of drug-likeness (QED) is 0.537. The van der Waals surface area contributed by atoms with Gasteiger partial charge in [0.1, 0.15) is 23.3 Å². The van der Waals surface area contributed by atoms with Crippen LogP contribution in [0.4, 0.5) is 24.5 Å². The summed E-state index contributed by atoms with van der Waals surface area (Å²) < 4.78 is 51.6. The van der Waals surface area contributed by atoms with Gasteiger partial charge in [0.05, 0.1) is 24.5 Å². The highest BCUT2D eigenvalue weighted by molar-refractivity contribution is 5.95. The average molecular weight is 462 g/mol. The number of methoxy groups -OCH3 is 1. The van der Waals surface area contributed by atoms with Crippen LogP contribution in [0.25, 0.3) is 0 Å². The Labute approximate surface area is 192 Å². The fourth-order valence-corrected chi connectivity index (χ4v) is 4.74. The van der Waals surface area contributed by atoms with E-state index in [0.717, 1.165) is 43.1 Å². The molecule has 33 heavy (non-hydrogen) atoms. The molecular weight excluding hydrogens is 431 g/mol. The molecule has 0 aromatic heterocycles. The van der Waals surface area contributed by atoms with Gasteiger partial charge in [0.2, 0.25) is 0 Å². The molecule has 1 saturated heterocycles. The van der Waals surface area contributed by atoms with E-state index in [1.165, 1.54) is 5.01 Å². The van der Waals surface area contributed by atoms with Gasteiger partial charge in [0, 0.05) is 31.8 Å². The number of nitrogens with zero attached hydrogens (tertiary/aromatic N) is 3.